The van der Waals surface area contributed by atoms with Crippen molar-refractivity contribution in [2.45, 2.75) is 13.8 Å². The van der Waals surface area contributed by atoms with Crippen molar-refractivity contribution in [1.82, 2.24) is 0 Å². The third kappa shape index (κ3) is 2.41. The van der Waals surface area contributed by atoms with E-state index >= 15 is 0 Å². The van der Waals surface area contributed by atoms with Crippen LogP contribution in [0.2, 0.25) is 0 Å². The van der Waals surface area contributed by atoms with Crippen molar-refractivity contribution in [1.29, 1.82) is 0 Å². The molecule has 1 aromatic rings. The first-order valence-corrected chi connectivity index (χ1v) is 5.68. The summed E-state index contributed by atoms with van der Waals surface area (Å²) in [5.74, 6) is 0. The van der Waals surface area contributed by atoms with Crippen molar-refractivity contribution < 1.29 is 9.09 Å². The molecule has 0 aromatic heterocycles. The SMILES string of the molecule is COP(N)(=O)c1cc(C)cc(C)c1. The van der Waals surface area contributed by atoms with E-state index < -0.39 is 7.52 Å². The molecule has 0 saturated carbocycles. The smallest absolute Gasteiger partial charge is 0.296 e. The fourth-order valence-electron chi connectivity index (χ4n) is 1.24. The van der Waals surface area contributed by atoms with E-state index in [2.05, 4.69) is 0 Å². The van der Waals surface area contributed by atoms with Crippen LogP contribution in [0, 0.1) is 13.8 Å². The van der Waals surface area contributed by atoms with Gasteiger partial charge in [0.05, 0.1) is 5.30 Å². The maximum atomic E-state index is 11.6. The molecule has 0 aliphatic rings. The number of aryl methyl sites for hydroxylation is 2. The van der Waals surface area contributed by atoms with Crippen molar-refractivity contribution in [3.63, 3.8) is 0 Å². The first kappa shape index (κ1) is 10.5. The Morgan fingerprint density at radius 1 is 1.23 bits per heavy atom. The maximum absolute atomic E-state index is 11.6. The van der Waals surface area contributed by atoms with Crippen LogP contribution < -0.4 is 10.8 Å². The third-order valence-corrected chi connectivity index (χ3v) is 3.36. The summed E-state index contributed by atoms with van der Waals surface area (Å²) in [7, 11) is -1.72. The zero-order valence-corrected chi connectivity index (χ0v) is 8.97. The zero-order chi connectivity index (χ0) is 10.1. The predicted octanol–water partition coefficient (Wildman–Crippen LogP) is 1.73. The molecule has 0 aliphatic carbocycles. The molecule has 1 aromatic carbocycles. The molecular formula is C9H14NO2P. The van der Waals surface area contributed by atoms with Gasteiger partial charge in [-0.2, -0.15) is 0 Å². The van der Waals surface area contributed by atoms with Crippen LogP contribution in [0.15, 0.2) is 18.2 Å². The lowest BCUT2D eigenvalue weighted by Gasteiger charge is -2.11. The van der Waals surface area contributed by atoms with E-state index in [4.69, 9.17) is 10.0 Å². The summed E-state index contributed by atoms with van der Waals surface area (Å²) in [5, 5.41) is 0.576. The van der Waals surface area contributed by atoms with E-state index in [1.54, 1.807) is 12.1 Å². The molecule has 4 heteroatoms. The van der Waals surface area contributed by atoms with Crippen molar-refractivity contribution in [3.05, 3.63) is 29.3 Å². The quantitative estimate of drug-likeness (QED) is 0.738. The highest BCUT2D eigenvalue weighted by molar-refractivity contribution is 7.64. The Morgan fingerprint density at radius 3 is 2.08 bits per heavy atom. The van der Waals surface area contributed by atoms with E-state index in [0.29, 0.717) is 5.30 Å². The van der Waals surface area contributed by atoms with E-state index in [-0.39, 0.29) is 0 Å². The summed E-state index contributed by atoms with van der Waals surface area (Å²) in [6, 6.07) is 5.58. The summed E-state index contributed by atoms with van der Waals surface area (Å²) < 4.78 is 16.4. The molecule has 0 fully saturated rings. The number of hydrogen-bond donors (Lipinski definition) is 1. The fourth-order valence-corrected chi connectivity index (χ4v) is 2.21. The topological polar surface area (TPSA) is 52.3 Å². The van der Waals surface area contributed by atoms with Gasteiger partial charge in [-0.15, -0.1) is 0 Å². The average Bonchev–Trinajstić information content (AvgIpc) is 2.02. The lowest BCUT2D eigenvalue weighted by atomic mass is 10.2. The third-order valence-electron chi connectivity index (χ3n) is 1.84. The molecule has 72 valence electrons. The summed E-state index contributed by atoms with van der Waals surface area (Å²) >= 11 is 0. The monoisotopic (exact) mass is 199 g/mol. The number of nitrogens with two attached hydrogens (primary N) is 1. The van der Waals surface area contributed by atoms with Crippen LogP contribution >= 0.6 is 7.52 Å². The summed E-state index contributed by atoms with van der Waals surface area (Å²) in [4.78, 5) is 0. The molecular weight excluding hydrogens is 185 g/mol. The Morgan fingerprint density at radius 2 is 1.69 bits per heavy atom. The van der Waals surface area contributed by atoms with Gasteiger partial charge in [0.2, 0.25) is 0 Å². The minimum atomic E-state index is -3.08. The molecule has 0 aliphatic heterocycles. The van der Waals surface area contributed by atoms with Gasteiger partial charge in [-0.1, -0.05) is 6.07 Å². The van der Waals surface area contributed by atoms with Gasteiger partial charge in [-0.05, 0) is 37.1 Å². The second-order valence-corrected chi connectivity index (χ2v) is 5.20. The van der Waals surface area contributed by atoms with Crippen molar-refractivity contribution in [3.8, 4) is 0 Å². The molecule has 1 atom stereocenters. The van der Waals surface area contributed by atoms with E-state index in [9.17, 15) is 4.57 Å². The number of benzene rings is 1. The molecule has 0 amide bonds. The molecule has 0 saturated heterocycles. The molecule has 0 bridgehead atoms. The fraction of sp³-hybridized carbons (Fsp3) is 0.333. The minimum Gasteiger partial charge on any atom is -0.318 e. The van der Waals surface area contributed by atoms with Crippen LogP contribution in [-0.4, -0.2) is 7.11 Å². The summed E-state index contributed by atoms with van der Waals surface area (Å²) in [6.45, 7) is 3.87. The maximum Gasteiger partial charge on any atom is 0.296 e. The standard InChI is InChI=1S/C9H14NO2P/c1-7-4-8(2)6-9(5-7)13(10,11)12-3/h4-6H,1-3H3,(H2,10,11). The molecule has 1 unspecified atom stereocenters. The average molecular weight is 199 g/mol. The van der Waals surface area contributed by atoms with Gasteiger partial charge < -0.3 is 4.52 Å². The Kier molecular flexibility index (Phi) is 2.91. The highest BCUT2D eigenvalue weighted by Crippen LogP contribution is 2.35. The van der Waals surface area contributed by atoms with E-state index in [1.165, 1.54) is 7.11 Å². The van der Waals surface area contributed by atoms with Crippen LogP contribution in [0.4, 0.5) is 0 Å². The van der Waals surface area contributed by atoms with Crippen LogP contribution in [-0.2, 0) is 9.09 Å². The Hall–Kier alpha value is -0.630. The van der Waals surface area contributed by atoms with Gasteiger partial charge in [-0.3, -0.25) is 10.1 Å². The largest absolute Gasteiger partial charge is 0.318 e. The number of rotatable bonds is 2. The Labute approximate surface area is 78.4 Å². The van der Waals surface area contributed by atoms with Gasteiger partial charge in [0, 0.05) is 7.11 Å². The van der Waals surface area contributed by atoms with Gasteiger partial charge in [-0.25, -0.2) is 0 Å². The number of hydrogen-bond acceptors (Lipinski definition) is 2. The van der Waals surface area contributed by atoms with Crippen molar-refractivity contribution in [2.24, 2.45) is 5.50 Å². The van der Waals surface area contributed by atoms with E-state index in [0.717, 1.165) is 11.1 Å². The molecule has 13 heavy (non-hydrogen) atoms. The molecule has 2 N–H and O–H groups in total. The van der Waals surface area contributed by atoms with Crippen molar-refractivity contribution in [2.75, 3.05) is 7.11 Å². The second-order valence-electron chi connectivity index (χ2n) is 3.13. The van der Waals surface area contributed by atoms with Crippen LogP contribution in [0.1, 0.15) is 11.1 Å². The first-order valence-electron chi connectivity index (χ1n) is 3.99. The van der Waals surface area contributed by atoms with Crippen LogP contribution in [0.25, 0.3) is 0 Å². The van der Waals surface area contributed by atoms with Gasteiger partial charge in [0.1, 0.15) is 0 Å². The van der Waals surface area contributed by atoms with Gasteiger partial charge in [0.15, 0.2) is 0 Å². The highest BCUT2D eigenvalue weighted by atomic mass is 31.2. The second kappa shape index (κ2) is 3.62. The Balaban J connectivity index is 3.23. The normalized spacial score (nSPS) is 15.4. The lowest BCUT2D eigenvalue weighted by molar-refractivity contribution is 0.404. The first-order chi connectivity index (χ1) is 5.95. The summed E-state index contributed by atoms with van der Waals surface area (Å²) in [5.41, 5.74) is 7.59. The summed E-state index contributed by atoms with van der Waals surface area (Å²) in [6.07, 6.45) is 0. The lowest BCUT2D eigenvalue weighted by Crippen LogP contribution is -2.13. The van der Waals surface area contributed by atoms with Crippen molar-refractivity contribution >= 4 is 12.8 Å². The van der Waals surface area contributed by atoms with Crippen LogP contribution in [0.3, 0.4) is 0 Å². The Bertz CT molecular complexity index is 342. The van der Waals surface area contributed by atoms with Gasteiger partial charge >= 0.3 is 0 Å². The molecule has 1 rings (SSSR count). The van der Waals surface area contributed by atoms with E-state index in [1.807, 2.05) is 19.9 Å². The zero-order valence-electron chi connectivity index (χ0n) is 8.07. The minimum absolute atomic E-state index is 0.576. The van der Waals surface area contributed by atoms with Gasteiger partial charge in [0.25, 0.3) is 7.52 Å². The molecule has 3 nitrogen and oxygen atoms in total. The van der Waals surface area contributed by atoms with Crippen LogP contribution in [0.5, 0.6) is 0 Å². The molecule has 0 heterocycles. The highest BCUT2D eigenvalue weighted by Gasteiger charge is 2.18. The molecule has 0 radical (unpaired) electrons. The molecule has 0 spiro atoms. The predicted molar refractivity (Wildman–Crippen MR) is 54.4 cm³/mol.